The van der Waals surface area contributed by atoms with Gasteiger partial charge >= 0.3 is 0 Å². The van der Waals surface area contributed by atoms with Gasteiger partial charge in [0.05, 0.1) is 12.7 Å². The lowest BCUT2D eigenvalue weighted by atomic mass is 10.2. The van der Waals surface area contributed by atoms with Crippen molar-refractivity contribution in [3.8, 4) is 0 Å². The minimum Gasteiger partial charge on any atom is -0.360 e. The molecule has 0 unspecified atom stereocenters. The van der Waals surface area contributed by atoms with Gasteiger partial charge in [-0.2, -0.15) is 0 Å². The first-order chi connectivity index (χ1) is 8.15. The van der Waals surface area contributed by atoms with Crippen molar-refractivity contribution in [2.24, 2.45) is 0 Å². The quantitative estimate of drug-likeness (QED) is 0.915. The average Bonchev–Trinajstić information content (AvgIpc) is 2.77. The topological polar surface area (TPSA) is 55.1 Å². The van der Waals surface area contributed by atoms with Crippen LogP contribution in [0.15, 0.2) is 43.9 Å². The number of carbonyl (C=O) groups excluding carboxylic acids is 1. The Morgan fingerprint density at radius 1 is 1.29 bits per heavy atom. The summed E-state index contributed by atoms with van der Waals surface area (Å²) in [5.41, 5.74) is 0.575. The maximum Gasteiger partial charge on any atom is 0.251 e. The summed E-state index contributed by atoms with van der Waals surface area (Å²) >= 11 is 6.67. The molecule has 2 aromatic rings. The molecule has 1 aromatic heterocycles. The van der Waals surface area contributed by atoms with Gasteiger partial charge in [0.2, 0.25) is 0 Å². The third-order valence-electron chi connectivity index (χ3n) is 2.04. The molecule has 0 aliphatic rings. The molecule has 17 heavy (non-hydrogen) atoms. The van der Waals surface area contributed by atoms with Crippen LogP contribution >= 0.6 is 31.9 Å². The molecule has 0 aliphatic carbocycles. The van der Waals surface area contributed by atoms with Crippen molar-refractivity contribution in [1.82, 2.24) is 10.5 Å². The van der Waals surface area contributed by atoms with Crippen LogP contribution in [-0.2, 0) is 6.54 Å². The van der Waals surface area contributed by atoms with Gasteiger partial charge in [-0.15, -0.1) is 0 Å². The van der Waals surface area contributed by atoms with Crippen LogP contribution in [0.25, 0.3) is 0 Å². The van der Waals surface area contributed by atoms with Crippen molar-refractivity contribution in [1.29, 1.82) is 0 Å². The Bertz CT molecular complexity index is 506. The molecule has 0 saturated carbocycles. The van der Waals surface area contributed by atoms with E-state index >= 15 is 0 Å². The molecule has 0 saturated heterocycles. The van der Waals surface area contributed by atoms with Crippen molar-refractivity contribution in [3.63, 3.8) is 0 Å². The Morgan fingerprint density at radius 2 is 2.00 bits per heavy atom. The number of amides is 1. The molecule has 0 bridgehead atoms. The lowest BCUT2D eigenvalue weighted by Crippen LogP contribution is -2.22. The van der Waals surface area contributed by atoms with E-state index in [1.807, 2.05) is 6.07 Å². The van der Waals surface area contributed by atoms with Gasteiger partial charge in [0.1, 0.15) is 0 Å². The molecule has 6 heteroatoms. The lowest BCUT2D eigenvalue weighted by molar-refractivity contribution is 0.0947. The second kappa shape index (κ2) is 5.46. The predicted octanol–water partition coefficient (Wildman–Crippen LogP) is 3.13. The zero-order chi connectivity index (χ0) is 12.3. The van der Waals surface area contributed by atoms with Gasteiger partial charge in [-0.05, 0) is 18.2 Å². The molecular formula is C11H8Br2N2O2. The summed E-state index contributed by atoms with van der Waals surface area (Å²) in [5.74, 6) is 0.454. The first-order valence-electron chi connectivity index (χ1n) is 4.79. The highest BCUT2D eigenvalue weighted by molar-refractivity contribution is 9.11. The normalized spacial score (nSPS) is 10.2. The van der Waals surface area contributed by atoms with Crippen LogP contribution in [0.2, 0.25) is 0 Å². The van der Waals surface area contributed by atoms with Crippen LogP contribution < -0.4 is 5.32 Å². The van der Waals surface area contributed by atoms with Crippen molar-refractivity contribution >= 4 is 37.8 Å². The molecule has 1 N–H and O–H groups in total. The van der Waals surface area contributed by atoms with Crippen molar-refractivity contribution in [2.75, 3.05) is 0 Å². The van der Waals surface area contributed by atoms with Gasteiger partial charge in [-0.25, -0.2) is 0 Å². The van der Waals surface area contributed by atoms with Crippen LogP contribution in [0.5, 0.6) is 0 Å². The number of hydrogen-bond donors (Lipinski definition) is 1. The number of halogens is 2. The molecule has 1 amide bonds. The van der Waals surface area contributed by atoms with Gasteiger partial charge in [-0.3, -0.25) is 4.79 Å². The van der Waals surface area contributed by atoms with Gasteiger partial charge in [0.25, 0.3) is 5.91 Å². The SMILES string of the molecule is O=C(NCc1ccno1)c1cc(Br)cc(Br)c1. The Hall–Kier alpha value is -1.14. The van der Waals surface area contributed by atoms with Gasteiger partial charge in [0, 0.05) is 20.6 Å². The van der Waals surface area contributed by atoms with E-state index in [9.17, 15) is 4.79 Å². The second-order valence-electron chi connectivity index (χ2n) is 3.32. The first kappa shape index (κ1) is 12.3. The Balaban J connectivity index is 2.04. The number of nitrogens with zero attached hydrogens (tertiary/aromatic N) is 1. The summed E-state index contributed by atoms with van der Waals surface area (Å²) in [4.78, 5) is 11.8. The van der Waals surface area contributed by atoms with E-state index < -0.39 is 0 Å². The molecule has 1 aromatic carbocycles. The molecule has 0 fully saturated rings. The van der Waals surface area contributed by atoms with E-state index in [1.165, 1.54) is 6.20 Å². The smallest absolute Gasteiger partial charge is 0.251 e. The molecule has 0 atom stereocenters. The van der Waals surface area contributed by atoms with E-state index in [4.69, 9.17) is 4.52 Å². The predicted molar refractivity (Wildman–Crippen MR) is 69.5 cm³/mol. The van der Waals surface area contributed by atoms with Crippen LogP contribution in [-0.4, -0.2) is 11.1 Å². The number of aromatic nitrogens is 1. The lowest BCUT2D eigenvalue weighted by Gasteiger charge is -2.04. The van der Waals surface area contributed by atoms with Gasteiger partial charge < -0.3 is 9.84 Å². The van der Waals surface area contributed by atoms with Crippen molar-refractivity contribution < 1.29 is 9.32 Å². The zero-order valence-electron chi connectivity index (χ0n) is 8.61. The monoisotopic (exact) mass is 358 g/mol. The van der Waals surface area contributed by atoms with E-state index in [2.05, 4.69) is 42.3 Å². The minimum atomic E-state index is -0.164. The summed E-state index contributed by atoms with van der Waals surface area (Å²) in [7, 11) is 0. The number of nitrogens with one attached hydrogen (secondary N) is 1. The van der Waals surface area contributed by atoms with E-state index in [0.717, 1.165) is 8.95 Å². The Morgan fingerprint density at radius 3 is 2.59 bits per heavy atom. The molecule has 88 valence electrons. The number of hydrogen-bond acceptors (Lipinski definition) is 3. The third-order valence-corrected chi connectivity index (χ3v) is 2.95. The highest BCUT2D eigenvalue weighted by atomic mass is 79.9. The maximum atomic E-state index is 11.8. The number of rotatable bonds is 3. The highest BCUT2D eigenvalue weighted by Crippen LogP contribution is 2.20. The fourth-order valence-electron chi connectivity index (χ4n) is 1.29. The summed E-state index contributed by atoms with van der Waals surface area (Å²) in [6.07, 6.45) is 1.54. The summed E-state index contributed by atoms with van der Waals surface area (Å²) < 4.78 is 6.57. The van der Waals surface area contributed by atoms with E-state index in [0.29, 0.717) is 17.9 Å². The summed E-state index contributed by atoms with van der Waals surface area (Å²) in [6.45, 7) is 0.322. The van der Waals surface area contributed by atoms with Crippen LogP contribution in [0, 0.1) is 0 Å². The standard InChI is InChI=1S/C11H8Br2N2O2/c12-8-3-7(4-9(13)5-8)11(16)14-6-10-1-2-15-17-10/h1-5H,6H2,(H,14,16). The molecular weight excluding hydrogens is 352 g/mol. The molecule has 0 spiro atoms. The van der Waals surface area contributed by atoms with Gasteiger partial charge in [-0.1, -0.05) is 37.0 Å². The highest BCUT2D eigenvalue weighted by Gasteiger charge is 2.08. The second-order valence-corrected chi connectivity index (χ2v) is 5.15. The molecule has 0 radical (unpaired) electrons. The van der Waals surface area contributed by atoms with Crippen LogP contribution in [0.4, 0.5) is 0 Å². The molecule has 1 heterocycles. The zero-order valence-corrected chi connectivity index (χ0v) is 11.8. The molecule has 0 aliphatic heterocycles. The fourth-order valence-corrected chi connectivity index (χ4v) is 2.58. The maximum absolute atomic E-state index is 11.8. The molecule has 4 nitrogen and oxygen atoms in total. The van der Waals surface area contributed by atoms with Crippen molar-refractivity contribution in [3.05, 3.63) is 50.7 Å². The van der Waals surface area contributed by atoms with Gasteiger partial charge in [0.15, 0.2) is 5.76 Å². The van der Waals surface area contributed by atoms with Crippen LogP contribution in [0.3, 0.4) is 0 Å². The van der Waals surface area contributed by atoms with E-state index in [-0.39, 0.29) is 5.91 Å². The minimum absolute atomic E-state index is 0.164. The summed E-state index contributed by atoms with van der Waals surface area (Å²) in [6, 6.07) is 7.07. The fraction of sp³-hybridized carbons (Fsp3) is 0.0909. The number of benzene rings is 1. The average molecular weight is 360 g/mol. The van der Waals surface area contributed by atoms with E-state index in [1.54, 1.807) is 18.2 Å². The Kier molecular flexibility index (Phi) is 3.96. The Labute approximate surface area is 115 Å². The largest absolute Gasteiger partial charge is 0.360 e. The third kappa shape index (κ3) is 3.41. The first-order valence-corrected chi connectivity index (χ1v) is 6.37. The van der Waals surface area contributed by atoms with Crippen molar-refractivity contribution in [2.45, 2.75) is 6.54 Å². The van der Waals surface area contributed by atoms with Crippen LogP contribution in [0.1, 0.15) is 16.1 Å². The molecule has 2 rings (SSSR count). The summed E-state index contributed by atoms with van der Waals surface area (Å²) in [5, 5.41) is 6.30. The number of carbonyl (C=O) groups is 1.